The summed E-state index contributed by atoms with van der Waals surface area (Å²) >= 11 is 0. The van der Waals surface area contributed by atoms with E-state index in [0.717, 1.165) is 24.5 Å². The molecule has 1 aliphatic heterocycles. The smallest absolute Gasteiger partial charge is 0.226 e. The Hall–Kier alpha value is -2.74. The van der Waals surface area contributed by atoms with Crippen LogP contribution in [0.15, 0.2) is 30.9 Å². The maximum Gasteiger partial charge on any atom is 0.226 e. The molecular formula is C14H15N7O. The minimum Gasteiger partial charge on any atom is -0.381 e. The number of anilines is 2. The second kappa shape index (κ2) is 5.23. The van der Waals surface area contributed by atoms with Crippen LogP contribution >= 0.6 is 0 Å². The summed E-state index contributed by atoms with van der Waals surface area (Å²) in [6.45, 7) is 3.00. The van der Waals surface area contributed by atoms with Gasteiger partial charge in [-0.15, -0.1) is 0 Å². The fraction of sp³-hybridized carbons (Fsp3) is 0.286. The van der Waals surface area contributed by atoms with Gasteiger partial charge in [0.2, 0.25) is 5.95 Å². The lowest BCUT2D eigenvalue weighted by atomic mass is 10.3. The van der Waals surface area contributed by atoms with Gasteiger partial charge in [-0.25, -0.2) is 19.9 Å². The van der Waals surface area contributed by atoms with Gasteiger partial charge in [0.1, 0.15) is 0 Å². The summed E-state index contributed by atoms with van der Waals surface area (Å²) in [5.74, 6) is 1.11. The molecule has 0 bridgehead atoms. The highest BCUT2D eigenvalue weighted by molar-refractivity contribution is 5.67. The van der Waals surface area contributed by atoms with Crippen molar-refractivity contribution in [3.05, 3.63) is 30.9 Å². The van der Waals surface area contributed by atoms with Crippen LogP contribution in [0, 0.1) is 0 Å². The summed E-state index contributed by atoms with van der Waals surface area (Å²) in [6.07, 6.45) is 6.98. The molecule has 0 aromatic carbocycles. The molecule has 112 valence electrons. The highest BCUT2D eigenvalue weighted by Gasteiger charge is 2.16. The predicted molar refractivity (Wildman–Crippen MR) is 81.5 cm³/mol. The van der Waals surface area contributed by atoms with Crippen molar-refractivity contribution >= 4 is 17.4 Å². The van der Waals surface area contributed by atoms with Crippen molar-refractivity contribution in [3.8, 4) is 11.4 Å². The number of imidazole rings is 1. The number of rotatable bonds is 2. The average molecular weight is 297 g/mol. The summed E-state index contributed by atoms with van der Waals surface area (Å²) in [5, 5.41) is 0. The summed E-state index contributed by atoms with van der Waals surface area (Å²) in [5.41, 5.74) is 8.14. The first-order valence-corrected chi connectivity index (χ1v) is 7.06. The van der Waals surface area contributed by atoms with Crippen LogP contribution in [0.5, 0.6) is 0 Å². The quantitative estimate of drug-likeness (QED) is 0.740. The van der Waals surface area contributed by atoms with Crippen LogP contribution in [0.1, 0.15) is 0 Å². The molecule has 1 saturated heterocycles. The molecule has 8 heteroatoms. The Labute approximate surface area is 126 Å². The zero-order chi connectivity index (χ0) is 14.9. The molecule has 3 aromatic rings. The largest absolute Gasteiger partial charge is 0.381 e. The maximum absolute atomic E-state index is 5.85. The molecule has 4 heterocycles. The Morgan fingerprint density at radius 2 is 1.95 bits per heavy atom. The van der Waals surface area contributed by atoms with E-state index in [-0.39, 0.29) is 0 Å². The van der Waals surface area contributed by atoms with E-state index in [9.17, 15) is 0 Å². The molecule has 8 nitrogen and oxygen atoms in total. The van der Waals surface area contributed by atoms with Gasteiger partial charge in [-0.1, -0.05) is 0 Å². The van der Waals surface area contributed by atoms with Crippen molar-refractivity contribution in [2.24, 2.45) is 0 Å². The van der Waals surface area contributed by atoms with E-state index < -0.39 is 0 Å². The summed E-state index contributed by atoms with van der Waals surface area (Å²) in [6, 6.07) is 1.87. The Morgan fingerprint density at radius 1 is 1.09 bits per heavy atom. The van der Waals surface area contributed by atoms with Crippen molar-refractivity contribution < 1.29 is 4.74 Å². The third-order valence-electron chi connectivity index (χ3n) is 3.65. The number of ether oxygens (including phenoxy) is 1. The fourth-order valence-electron chi connectivity index (χ4n) is 2.54. The molecule has 2 N–H and O–H groups in total. The Bertz CT molecular complexity index is 810. The monoisotopic (exact) mass is 297 g/mol. The van der Waals surface area contributed by atoms with Gasteiger partial charge in [-0.05, 0) is 6.07 Å². The average Bonchev–Trinajstić information content (AvgIpc) is 3.01. The third kappa shape index (κ3) is 2.13. The molecule has 0 aliphatic carbocycles. The number of hydrogen-bond acceptors (Lipinski definition) is 7. The topological polar surface area (TPSA) is 94.5 Å². The van der Waals surface area contributed by atoms with E-state index in [1.54, 1.807) is 18.6 Å². The molecule has 3 aromatic heterocycles. The molecule has 0 radical (unpaired) electrons. The van der Waals surface area contributed by atoms with Crippen LogP contribution in [0.4, 0.5) is 11.8 Å². The Kier molecular flexibility index (Phi) is 3.08. The number of aromatic nitrogens is 5. The number of nitrogens with two attached hydrogens (primary N) is 1. The molecule has 0 amide bonds. The van der Waals surface area contributed by atoms with Crippen LogP contribution in [-0.4, -0.2) is 50.6 Å². The molecule has 0 unspecified atom stereocenters. The second-order valence-corrected chi connectivity index (χ2v) is 4.99. The number of hydrogen-bond donors (Lipinski definition) is 1. The van der Waals surface area contributed by atoms with Crippen molar-refractivity contribution in [3.63, 3.8) is 0 Å². The minimum atomic E-state index is 0.399. The van der Waals surface area contributed by atoms with E-state index in [1.165, 1.54) is 0 Å². The van der Waals surface area contributed by atoms with Crippen LogP contribution in [0.3, 0.4) is 0 Å². The molecule has 0 atom stereocenters. The lowest BCUT2D eigenvalue weighted by Gasteiger charge is -2.26. The van der Waals surface area contributed by atoms with Crippen LogP contribution in [-0.2, 0) is 4.74 Å². The number of nitrogen functional groups attached to an aromatic ring is 1. The van der Waals surface area contributed by atoms with Crippen LogP contribution in [0.2, 0.25) is 0 Å². The summed E-state index contributed by atoms with van der Waals surface area (Å²) < 4.78 is 7.25. The first kappa shape index (κ1) is 13.0. The molecule has 0 spiro atoms. The summed E-state index contributed by atoms with van der Waals surface area (Å²) in [4.78, 5) is 19.5. The van der Waals surface area contributed by atoms with E-state index in [4.69, 9.17) is 10.5 Å². The zero-order valence-corrected chi connectivity index (χ0v) is 11.9. The van der Waals surface area contributed by atoms with Gasteiger partial charge in [0.25, 0.3) is 0 Å². The van der Waals surface area contributed by atoms with Gasteiger partial charge in [-0.2, -0.15) is 0 Å². The standard InChI is InChI=1S/C14H15N7O/c15-12-13-18-9-11(21(13)4-3-16-12)10-1-2-17-14(19-10)20-5-7-22-8-6-20/h1-4,9H,5-8H2,(H2,15,16). The van der Waals surface area contributed by atoms with E-state index in [0.29, 0.717) is 30.6 Å². The van der Waals surface area contributed by atoms with Crippen molar-refractivity contribution in [1.82, 2.24) is 24.3 Å². The van der Waals surface area contributed by atoms with Crippen LogP contribution in [0.25, 0.3) is 17.0 Å². The molecule has 1 fully saturated rings. The Morgan fingerprint density at radius 3 is 2.82 bits per heavy atom. The maximum atomic E-state index is 5.85. The van der Waals surface area contributed by atoms with Gasteiger partial charge >= 0.3 is 0 Å². The van der Waals surface area contributed by atoms with Crippen molar-refractivity contribution in [1.29, 1.82) is 0 Å². The lowest BCUT2D eigenvalue weighted by molar-refractivity contribution is 0.122. The number of fused-ring (bicyclic) bond motifs is 1. The predicted octanol–water partition coefficient (Wildman–Crippen LogP) is 0.605. The lowest BCUT2D eigenvalue weighted by Crippen LogP contribution is -2.37. The number of morpholine rings is 1. The van der Waals surface area contributed by atoms with E-state index in [2.05, 4.69) is 24.8 Å². The first-order chi connectivity index (χ1) is 10.8. The second-order valence-electron chi connectivity index (χ2n) is 4.99. The van der Waals surface area contributed by atoms with Crippen LogP contribution < -0.4 is 10.6 Å². The summed E-state index contributed by atoms with van der Waals surface area (Å²) in [7, 11) is 0. The molecule has 0 saturated carbocycles. The van der Waals surface area contributed by atoms with Crippen molar-refractivity contribution in [2.45, 2.75) is 0 Å². The SMILES string of the molecule is Nc1nccn2c(-c3ccnc(N4CCOCC4)n3)cnc12. The van der Waals surface area contributed by atoms with Gasteiger partial charge in [0.05, 0.1) is 30.8 Å². The number of nitrogens with zero attached hydrogens (tertiary/aromatic N) is 6. The third-order valence-corrected chi connectivity index (χ3v) is 3.65. The van der Waals surface area contributed by atoms with Crippen molar-refractivity contribution in [2.75, 3.05) is 36.9 Å². The molecule has 22 heavy (non-hydrogen) atoms. The fourth-order valence-corrected chi connectivity index (χ4v) is 2.54. The van der Waals surface area contributed by atoms with Gasteiger partial charge in [0, 0.05) is 31.7 Å². The molecule has 1 aliphatic rings. The highest BCUT2D eigenvalue weighted by Crippen LogP contribution is 2.22. The molecule has 4 rings (SSSR count). The van der Waals surface area contributed by atoms with Gasteiger partial charge in [-0.3, -0.25) is 4.40 Å². The van der Waals surface area contributed by atoms with E-state index >= 15 is 0 Å². The Balaban J connectivity index is 1.77. The van der Waals surface area contributed by atoms with E-state index in [1.807, 2.05) is 16.7 Å². The molecular weight excluding hydrogens is 282 g/mol. The van der Waals surface area contributed by atoms with Gasteiger partial charge in [0.15, 0.2) is 11.5 Å². The zero-order valence-electron chi connectivity index (χ0n) is 11.9. The first-order valence-electron chi connectivity index (χ1n) is 7.06. The van der Waals surface area contributed by atoms with Gasteiger partial charge < -0.3 is 15.4 Å². The highest BCUT2D eigenvalue weighted by atomic mass is 16.5. The normalized spacial score (nSPS) is 15.4. The minimum absolute atomic E-state index is 0.399.